The summed E-state index contributed by atoms with van der Waals surface area (Å²) < 4.78 is 5.39. The molecule has 3 nitrogen and oxygen atoms in total. The van der Waals surface area contributed by atoms with Gasteiger partial charge in [0.25, 0.3) is 0 Å². The molecule has 1 saturated heterocycles. The Labute approximate surface area is 86.2 Å². The van der Waals surface area contributed by atoms with Crippen molar-refractivity contribution in [1.29, 1.82) is 0 Å². The van der Waals surface area contributed by atoms with Crippen LogP contribution in [-0.4, -0.2) is 25.2 Å². The van der Waals surface area contributed by atoms with Gasteiger partial charge in [-0.1, -0.05) is 19.8 Å². The second kappa shape index (κ2) is 6.82. The molecule has 1 heterocycles. The van der Waals surface area contributed by atoms with E-state index < -0.39 is 0 Å². The van der Waals surface area contributed by atoms with Gasteiger partial charge in [0.05, 0.1) is 12.5 Å². The predicted octanol–water partition coefficient (Wildman–Crippen LogP) is 1.86. The number of nitrogens with one attached hydrogen (secondary N) is 1. The molecule has 0 aromatic heterocycles. The number of unbranched alkanes of at least 4 members (excludes halogenated alkanes) is 2. The van der Waals surface area contributed by atoms with Gasteiger partial charge in [0.1, 0.15) is 0 Å². The Balaban J connectivity index is 1.98. The molecule has 3 heteroatoms. The Hall–Kier alpha value is -0.570. The summed E-state index contributed by atoms with van der Waals surface area (Å²) in [5, 5.41) is 2.93. The molecule has 1 N–H and O–H groups in total. The van der Waals surface area contributed by atoms with Crippen LogP contribution in [0.3, 0.4) is 0 Å². The summed E-state index contributed by atoms with van der Waals surface area (Å²) in [5.41, 5.74) is 0. The van der Waals surface area contributed by atoms with Crippen LogP contribution in [-0.2, 0) is 9.53 Å². The standard InChI is InChI=1S/C11H21NO2/c1-2-3-4-7-12-11(13)9-10-6-5-8-14-10/h10H,2-9H2,1H3,(H,12,13)/t10-/m1/s1. The fraction of sp³-hybridized carbons (Fsp3) is 0.909. The Morgan fingerprint density at radius 1 is 1.50 bits per heavy atom. The van der Waals surface area contributed by atoms with E-state index in [1.807, 2.05) is 0 Å². The van der Waals surface area contributed by atoms with Gasteiger partial charge in [-0.2, -0.15) is 0 Å². The van der Waals surface area contributed by atoms with Crippen molar-refractivity contribution in [3.05, 3.63) is 0 Å². The zero-order chi connectivity index (χ0) is 10.2. The SMILES string of the molecule is CCCCCNC(=O)C[C@H]1CCCO1. The molecule has 1 rings (SSSR count). The number of ether oxygens (including phenoxy) is 1. The fourth-order valence-electron chi connectivity index (χ4n) is 1.69. The number of hydrogen-bond acceptors (Lipinski definition) is 2. The van der Waals surface area contributed by atoms with E-state index in [1.165, 1.54) is 12.8 Å². The maximum Gasteiger partial charge on any atom is 0.222 e. The lowest BCUT2D eigenvalue weighted by Crippen LogP contribution is -2.27. The van der Waals surface area contributed by atoms with Gasteiger partial charge in [-0.25, -0.2) is 0 Å². The van der Waals surface area contributed by atoms with Crippen LogP contribution in [0.2, 0.25) is 0 Å². The van der Waals surface area contributed by atoms with E-state index in [1.54, 1.807) is 0 Å². The van der Waals surface area contributed by atoms with Crippen LogP contribution in [0.1, 0.15) is 45.4 Å². The van der Waals surface area contributed by atoms with Crippen molar-refractivity contribution in [1.82, 2.24) is 5.32 Å². The van der Waals surface area contributed by atoms with Crippen LogP contribution < -0.4 is 5.32 Å². The lowest BCUT2D eigenvalue weighted by atomic mass is 10.2. The van der Waals surface area contributed by atoms with Crippen LogP contribution in [0.25, 0.3) is 0 Å². The first kappa shape index (κ1) is 11.5. The molecule has 0 unspecified atom stereocenters. The average Bonchev–Trinajstić information content (AvgIpc) is 2.65. The molecular formula is C11H21NO2. The molecule has 0 aromatic carbocycles. The molecule has 14 heavy (non-hydrogen) atoms. The third-order valence-corrected chi connectivity index (χ3v) is 2.54. The van der Waals surface area contributed by atoms with Crippen molar-refractivity contribution in [2.24, 2.45) is 0 Å². The van der Waals surface area contributed by atoms with Gasteiger partial charge in [0.2, 0.25) is 5.91 Å². The quantitative estimate of drug-likeness (QED) is 0.663. The Bertz CT molecular complexity index is 165. The van der Waals surface area contributed by atoms with Crippen LogP contribution in [0, 0.1) is 0 Å². The summed E-state index contributed by atoms with van der Waals surface area (Å²) in [5.74, 6) is 0.146. The van der Waals surface area contributed by atoms with E-state index in [9.17, 15) is 4.79 Å². The van der Waals surface area contributed by atoms with Gasteiger partial charge < -0.3 is 10.1 Å². The highest BCUT2D eigenvalue weighted by atomic mass is 16.5. The number of rotatable bonds is 6. The molecule has 1 amide bonds. The lowest BCUT2D eigenvalue weighted by molar-refractivity contribution is -0.123. The molecule has 0 aliphatic carbocycles. The Morgan fingerprint density at radius 3 is 3.00 bits per heavy atom. The summed E-state index contributed by atoms with van der Waals surface area (Å²) in [6, 6.07) is 0. The van der Waals surface area contributed by atoms with Gasteiger partial charge in [-0.15, -0.1) is 0 Å². The monoisotopic (exact) mass is 199 g/mol. The van der Waals surface area contributed by atoms with E-state index in [4.69, 9.17) is 4.74 Å². The maximum absolute atomic E-state index is 11.4. The predicted molar refractivity (Wildman–Crippen MR) is 56.1 cm³/mol. The van der Waals surface area contributed by atoms with Gasteiger partial charge >= 0.3 is 0 Å². The van der Waals surface area contributed by atoms with Crippen molar-refractivity contribution >= 4 is 5.91 Å². The summed E-state index contributed by atoms with van der Waals surface area (Å²) in [7, 11) is 0. The lowest BCUT2D eigenvalue weighted by Gasteiger charge is -2.09. The average molecular weight is 199 g/mol. The van der Waals surface area contributed by atoms with E-state index in [0.29, 0.717) is 6.42 Å². The van der Waals surface area contributed by atoms with Crippen molar-refractivity contribution in [3.63, 3.8) is 0 Å². The topological polar surface area (TPSA) is 38.3 Å². The van der Waals surface area contributed by atoms with Gasteiger partial charge in [-0.05, 0) is 19.3 Å². The number of hydrogen-bond donors (Lipinski definition) is 1. The van der Waals surface area contributed by atoms with Crippen LogP contribution in [0.15, 0.2) is 0 Å². The third kappa shape index (κ3) is 4.61. The minimum Gasteiger partial charge on any atom is -0.378 e. The molecule has 0 bridgehead atoms. The molecule has 1 atom stereocenters. The first-order valence-electron chi connectivity index (χ1n) is 5.71. The molecule has 1 aliphatic heterocycles. The van der Waals surface area contributed by atoms with Crippen molar-refractivity contribution < 1.29 is 9.53 Å². The molecule has 0 saturated carbocycles. The van der Waals surface area contributed by atoms with E-state index in [0.717, 1.165) is 32.4 Å². The zero-order valence-electron chi connectivity index (χ0n) is 9.05. The minimum atomic E-state index is 0.146. The second-order valence-electron chi connectivity index (χ2n) is 3.90. The molecule has 0 spiro atoms. The van der Waals surface area contributed by atoms with Gasteiger partial charge in [-0.3, -0.25) is 4.79 Å². The largest absolute Gasteiger partial charge is 0.378 e. The van der Waals surface area contributed by atoms with Crippen molar-refractivity contribution in [2.75, 3.05) is 13.2 Å². The minimum absolute atomic E-state index is 0.146. The molecular weight excluding hydrogens is 178 g/mol. The summed E-state index contributed by atoms with van der Waals surface area (Å²) in [4.78, 5) is 11.4. The van der Waals surface area contributed by atoms with Crippen LogP contribution in [0.5, 0.6) is 0 Å². The normalized spacial score (nSPS) is 21.1. The van der Waals surface area contributed by atoms with Gasteiger partial charge in [0.15, 0.2) is 0 Å². The number of carbonyl (C=O) groups is 1. The van der Waals surface area contributed by atoms with E-state index >= 15 is 0 Å². The number of amides is 1. The van der Waals surface area contributed by atoms with Crippen LogP contribution >= 0.6 is 0 Å². The van der Waals surface area contributed by atoms with Gasteiger partial charge in [0, 0.05) is 13.2 Å². The Kier molecular flexibility index (Phi) is 5.60. The molecule has 0 aromatic rings. The van der Waals surface area contributed by atoms with Crippen molar-refractivity contribution in [3.8, 4) is 0 Å². The first-order valence-corrected chi connectivity index (χ1v) is 5.71. The highest BCUT2D eigenvalue weighted by Crippen LogP contribution is 2.14. The second-order valence-corrected chi connectivity index (χ2v) is 3.90. The molecule has 82 valence electrons. The first-order chi connectivity index (χ1) is 6.83. The van der Waals surface area contributed by atoms with E-state index in [2.05, 4.69) is 12.2 Å². The fourth-order valence-corrected chi connectivity index (χ4v) is 1.69. The Morgan fingerprint density at radius 2 is 2.36 bits per heavy atom. The summed E-state index contributed by atoms with van der Waals surface area (Å²) in [6.07, 6.45) is 6.36. The third-order valence-electron chi connectivity index (χ3n) is 2.54. The summed E-state index contributed by atoms with van der Waals surface area (Å²) >= 11 is 0. The molecule has 1 fully saturated rings. The number of carbonyl (C=O) groups excluding carboxylic acids is 1. The smallest absolute Gasteiger partial charge is 0.222 e. The van der Waals surface area contributed by atoms with Crippen LogP contribution in [0.4, 0.5) is 0 Å². The summed E-state index contributed by atoms with van der Waals surface area (Å²) in [6.45, 7) is 3.81. The van der Waals surface area contributed by atoms with Crippen molar-refractivity contribution in [2.45, 2.75) is 51.6 Å². The zero-order valence-corrected chi connectivity index (χ0v) is 9.05. The van der Waals surface area contributed by atoms with E-state index in [-0.39, 0.29) is 12.0 Å². The molecule has 1 aliphatic rings. The molecule has 0 radical (unpaired) electrons. The highest BCUT2D eigenvalue weighted by Gasteiger charge is 2.18. The highest BCUT2D eigenvalue weighted by molar-refractivity contribution is 5.76. The maximum atomic E-state index is 11.4.